The number of ether oxygens (including phenoxy) is 2. The highest BCUT2D eigenvalue weighted by molar-refractivity contribution is 5.94. The highest BCUT2D eigenvalue weighted by Crippen LogP contribution is 2.19. The van der Waals surface area contributed by atoms with Crippen molar-refractivity contribution in [1.82, 2.24) is 0 Å². The molecule has 1 amide bonds. The Morgan fingerprint density at radius 2 is 1.71 bits per heavy atom. The highest BCUT2D eigenvalue weighted by atomic mass is 16.6. The van der Waals surface area contributed by atoms with E-state index < -0.39 is 11.0 Å². The van der Waals surface area contributed by atoms with Crippen LogP contribution in [0.3, 0.4) is 0 Å². The van der Waals surface area contributed by atoms with Crippen LogP contribution < -0.4 is 14.8 Å². The van der Waals surface area contributed by atoms with Gasteiger partial charge in [-0.15, -0.1) is 0 Å². The number of carbonyl (C=O) groups excluding carboxylic acids is 1. The summed E-state index contributed by atoms with van der Waals surface area (Å²) < 4.78 is 10.8. The molecule has 7 nitrogen and oxygen atoms in total. The lowest BCUT2D eigenvalue weighted by atomic mass is 10.2. The first-order valence-corrected chi connectivity index (χ1v) is 7.44. The molecule has 1 unspecified atom stereocenters. The van der Waals surface area contributed by atoms with Gasteiger partial charge in [-0.3, -0.25) is 14.9 Å². The number of benzene rings is 2. The average molecular weight is 330 g/mol. The number of nitrogens with zero attached hydrogens (tertiary/aromatic N) is 1. The molecule has 0 radical (unpaired) electrons. The number of nitrogens with one attached hydrogen (secondary N) is 1. The number of hydrogen-bond donors (Lipinski definition) is 1. The van der Waals surface area contributed by atoms with E-state index in [0.29, 0.717) is 18.0 Å². The summed E-state index contributed by atoms with van der Waals surface area (Å²) in [6.07, 6.45) is -0.752. The Kier molecular flexibility index (Phi) is 5.73. The van der Waals surface area contributed by atoms with Crippen molar-refractivity contribution < 1.29 is 19.2 Å². The lowest BCUT2D eigenvalue weighted by molar-refractivity contribution is -0.384. The van der Waals surface area contributed by atoms with Gasteiger partial charge in [-0.2, -0.15) is 0 Å². The van der Waals surface area contributed by atoms with Crippen LogP contribution in [0.25, 0.3) is 0 Å². The molecule has 24 heavy (non-hydrogen) atoms. The van der Waals surface area contributed by atoms with Crippen molar-refractivity contribution in [3.63, 3.8) is 0 Å². The van der Waals surface area contributed by atoms with Crippen LogP contribution in [0.1, 0.15) is 13.8 Å². The van der Waals surface area contributed by atoms with E-state index in [1.807, 2.05) is 6.92 Å². The molecule has 0 saturated heterocycles. The third-order valence-electron chi connectivity index (χ3n) is 3.16. The molecule has 0 aliphatic heterocycles. The molecule has 0 spiro atoms. The minimum atomic E-state index is -0.752. The molecule has 126 valence electrons. The second-order valence-corrected chi connectivity index (χ2v) is 4.96. The van der Waals surface area contributed by atoms with E-state index in [2.05, 4.69) is 5.32 Å². The van der Waals surface area contributed by atoms with E-state index in [-0.39, 0.29) is 11.6 Å². The van der Waals surface area contributed by atoms with Gasteiger partial charge >= 0.3 is 0 Å². The molecule has 0 aliphatic carbocycles. The smallest absolute Gasteiger partial charge is 0.269 e. The fourth-order valence-corrected chi connectivity index (χ4v) is 1.95. The van der Waals surface area contributed by atoms with Gasteiger partial charge in [0.25, 0.3) is 11.6 Å². The second-order valence-electron chi connectivity index (χ2n) is 4.96. The second kappa shape index (κ2) is 7.96. The van der Waals surface area contributed by atoms with Crippen LogP contribution in [0.5, 0.6) is 11.5 Å². The van der Waals surface area contributed by atoms with Gasteiger partial charge in [0.15, 0.2) is 6.10 Å². The van der Waals surface area contributed by atoms with Gasteiger partial charge in [0.2, 0.25) is 0 Å². The number of rotatable bonds is 7. The van der Waals surface area contributed by atoms with Crippen LogP contribution in [-0.2, 0) is 4.79 Å². The van der Waals surface area contributed by atoms with Crippen molar-refractivity contribution in [2.45, 2.75) is 20.0 Å². The zero-order valence-corrected chi connectivity index (χ0v) is 13.4. The van der Waals surface area contributed by atoms with Crippen molar-refractivity contribution in [3.05, 3.63) is 58.6 Å². The molecule has 0 heterocycles. The number of non-ortho nitro benzene ring substituents is 1. The Labute approximate surface area is 139 Å². The number of carbonyl (C=O) groups is 1. The zero-order valence-electron chi connectivity index (χ0n) is 13.4. The number of nitro benzene ring substituents is 1. The Morgan fingerprint density at radius 3 is 2.25 bits per heavy atom. The summed E-state index contributed by atoms with van der Waals surface area (Å²) in [6, 6.07) is 12.6. The van der Waals surface area contributed by atoms with Crippen molar-refractivity contribution >= 4 is 17.3 Å². The van der Waals surface area contributed by atoms with Gasteiger partial charge in [0, 0.05) is 17.8 Å². The predicted octanol–water partition coefficient (Wildman–Crippen LogP) is 3.40. The van der Waals surface area contributed by atoms with Crippen molar-refractivity contribution in [2.24, 2.45) is 0 Å². The van der Waals surface area contributed by atoms with E-state index >= 15 is 0 Å². The molecule has 0 bridgehead atoms. The highest BCUT2D eigenvalue weighted by Gasteiger charge is 2.15. The summed E-state index contributed by atoms with van der Waals surface area (Å²) in [6.45, 7) is 4.07. The number of nitro groups is 1. The van der Waals surface area contributed by atoms with Gasteiger partial charge in [-0.25, -0.2) is 0 Å². The summed E-state index contributed by atoms with van der Waals surface area (Å²) in [5.74, 6) is 0.790. The van der Waals surface area contributed by atoms with Crippen LogP contribution in [0.2, 0.25) is 0 Å². The van der Waals surface area contributed by atoms with Crippen LogP contribution in [-0.4, -0.2) is 23.5 Å². The van der Waals surface area contributed by atoms with E-state index in [4.69, 9.17) is 9.47 Å². The van der Waals surface area contributed by atoms with Gasteiger partial charge in [0.1, 0.15) is 11.5 Å². The molecule has 2 rings (SSSR count). The van der Waals surface area contributed by atoms with E-state index in [1.54, 1.807) is 31.2 Å². The molecule has 2 aromatic rings. The summed E-state index contributed by atoms with van der Waals surface area (Å²) in [5, 5.41) is 13.3. The van der Waals surface area contributed by atoms with Gasteiger partial charge in [-0.05, 0) is 50.2 Å². The Morgan fingerprint density at radius 1 is 1.12 bits per heavy atom. The van der Waals surface area contributed by atoms with Crippen LogP contribution in [0, 0.1) is 10.1 Å². The van der Waals surface area contributed by atoms with Gasteiger partial charge in [0.05, 0.1) is 11.5 Å². The fourth-order valence-electron chi connectivity index (χ4n) is 1.95. The Hall–Kier alpha value is -3.09. The number of anilines is 1. The maximum atomic E-state index is 12.1. The third kappa shape index (κ3) is 4.70. The lowest BCUT2D eigenvalue weighted by Crippen LogP contribution is -2.30. The van der Waals surface area contributed by atoms with Crippen LogP contribution in [0.4, 0.5) is 11.4 Å². The van der Waals surface area contributed by atoms with Crippen molar-refractivity contribution in [1.29, 1.82) is 0 Å². The van der Waals surface area contributed by atoms with Crippen molar-refractivity contribution in [2.75, 3.05) is 11.9 Å². The molecule has 0 fully saturated rings. The molecule has 0 saturated carbocycles. The van der Waals surface area contributed by atoms with Crippen molar-refractivity contribution in [3.8, 4) is 11.5 Å². The minimum Gasteiger partial charge on any atom is -0.494 e. The van der Waals surface area contributed by atoms with E-state index in [9.17, 15) is 14.9 Å². The summed E-state index contributed by atoms with van der Waals surface area (Å²) in [4.78, 5) is 22.2. The minimum absolute atomic E-state index is 0.0335. The molecule has 0 aliphatic rings. The average Bonchev–Trinajstić information content (AvgIpc) is 2.57. The van der Waals surface area contributed by atoms with E-state index in [1.165, 1.54) is 24.3 Å². The quantitative estimate of drug-likeness (QED) is 0.620. The van der Waals surface area contributed by atoms with Crippen LogP contribution >= 0.6 is 0 Å². The summed E-state index contributed by atoms with van der Waals surface area (Å²) in [5.41, 5.74) is 0.594. The molecule has 1 atom stereocenters. The summed E-state index contributed by atoms with van der Waals surface area (Å²) in [7, 11) is 0. The first-order valence-electron chi connectivity index (χ1n) is 7.44. The molecule has 0 aromatic heterocycles. The summed E-state index contributed by atoms with van der Waals surface area (Å²) >= 11 is 0. The fraction of sp³-hybridized carbons (Fsp3) is 0.235. The maximum absolute atomic E-state index is 12.1. The molecular weight excluding hydrogens is 312 g/mol. The lowest BCUT2D eigenvalue weighted by Gasteiger charge is -2.15. The monoisotopic (exact) mass is 330 g/mol. The standard InChI is InChI=1S/C17H18N2O5/c1-3-23-15-8-4-13(5-9-15)18-17(20)12(2)24-16-10-6-14(7-11-16)19(21)22/h4-12H,3H2,1-2H3,(H,18,20). The topological polar surface area (TPSA) is 90.7 Å². The number of hydrogen-bond acceptors (Lipinski definition) is 5. The first kappa shape index (κ1) is 17.3. The molecular formula is C17H18N2O5. The maximum Gasteiger partial charge on any atom is 0.269 e. The Balaban J connectivity index is 1.92. The third-order valence-corrected chi connectivity index (χ3v) is 3.16. The molecule has 7 heteroatoms. The Bertz CT molecular complexity index is 698. The predicted molar refractivity (Wildman–Crippen MR) is 89.4 cm³/mol. The normalized spacial score (nSPS) is 11.4. The molecule has 2 aromatic carbocycles. The van der Waals surface area contributed by atoms with Crippen LogP contribution in [0.15, 0.2) is 48.5 Å². The van der Waals surface area contributed by atoms with Gasteiger partial charge < -0.3 is 14.8 Å². The zero-order chi connectivity index (χ0) is 17.5. The molecule has 1 N–H and O–H groups in total. The van der Waals surface area contributed by atoms with Gasteiger partial charge in [-0.1, -0.05) is 0 Å². The SMILES string of the molecule is CCOc1ccc(NC(=O)C(C)Oc2ccc([N+](=O)[O-])cc2)cc1. The number of amides is 1. The first-order chi connectivity index (χ1) is 11.5. The largest absolute Gasteiger partial charge is 0.494 e. The van der Waals surface area contributed by atoms with E-state index in [0.717, 1.165) is 5.75 Å².